The van der Waals surface area contributed by atoms with E-state index in [-0.39, 0.29) is 12.1 Å². The second kappa shape index (κ2) is 9.23. The van der Waals surface area contributed by atoms with Gasteiger partial charge in [-0.1, -0.05) is 67.1 Å². The first-order valence-electron chi connectivity index (χ1n) is 9.03. The van der Waals surface area contributed by atoms with Crippen LogP contribution in [0.2, 0.25) is 0 Å². The van der Waals surface area contributed by atoms with Crippen LogP contribution in [0, 0.1) is 0 Å². The molecule has 0 spiro atoms. The molecule has 3 rings (SSSR count). The summed E-state index contributed by atoms with van der Waals surface area (Å²) < 4.78 is 5.36. The molecule has 1 atom stereocenters. The number of alkyl carbamates (subject to hydrolysis) is 1. The lowest BCUT2D eigenvalue weighted by atomic mass is 10.1. The molecule has 4 heteroatoms. The Morgan fingerprint density at radius 1 is 1.00 bits per heavy atom. The van der Waals surface area contributed by atoms with Gasteiger partial charge in [-0.05, 0) is 30.5 Å². The summed E-state index contributed by atoms with van der Waals surface area (Å²) in [5.41, 5.74) is 2.32. The third kappa shape index (κ3) is 5.91. The lowest BCUT2D eigenvalue weighted by Crippen LogP contribution is -2.42. The Labute approximate surface area is 149 Å². The Bertz CT molecular complexity index is 645. The Kier molecular flexibility index (Phi) is 6.46. The Morgan fingerprint density at radius 3 is 2.40 bits per heavy atom. The molecule has 1 amide bonds. The van der Waals surface area contributed by atoms with E-state index in [1.807, 2.05) is 36.4 Å². The first kappa shape index (κ1) is 17.5. The van der Waals surface area contributed by atoms with Gasteiger partial charge in [0, 0.05) is 19.1 Å². The monoisotopic (exact) mass is 338 g/mol. The zero-order chi connectivity index (χ0) is 17.3. The number of rotatable bonds is 5. The van der Waals surface area contributed by atoms with Crippen molar-refractivity contribution in [2.75, 3.05) is 13.1 Å². The fourth-order valence-corrected chi connectivity index (χ4v) is 3.25. The second-order valence-electron chi connectivity index (χ2n) is 6.62. The molecule has 2 aromatic rings. The molecule has 0 aliphatic carbocycles. The Balaban J connectivity index is 1.48. The highest BCUT2D eigenvalue weighted by Crippen LogP contribution is 2.14. The summed E-state index contributed by atoms with van der Waals surface area (Å²) in [5, 5.41) is 3.04. The van der Waals surface area contributed by atoms with Crippen LogP contribution in [0.1, 0.15) is 30.4 Å². The van der Waals surface area contributed by atoms with Crippen LogP contribution in [0.3, 0.4) is 0 Å². The normalized spacial score (nSPS) is 18.3. The highest BCUT2D eigenvalue weighted by atomic mass is 16.5. The van der Waals surface area contributed by atoms with Crippen LogP contribution in [0.15, 0.2) is 60.7 Å². The van der Waals surface area contributed by atoms with Gasteiger partial charge >= 0.3 is 6.09 Å². The molecule has 4 nitrogen and oxygen atoms in total. The van der Waals surface area contributed by atoms with Crippen LogP contribution in [0.25, 0.3) is 0 Å². The fraction of sp³-hybridized carbons (Fsp3) is 0.381. The topological polar surface area (TPSA) is 41.6 Å². The third-order valence-corrected chi connectivity index (χ3v) is 4.54. The van der Waals surface area contributed by atoms with E-state index < -0.39 is 0 Å². The van der Waals surface area contributed by atoms with E-state index in [1.54, 1.807) is 0 Å². The highest BCUT2D eigenvalue weighted by Gasteiger charge is 2.20. The van der Waals surface area contributed by atoms with Gasteiger partial charge in [0.05, 0.1) is 0 Å². The van der Waals surface area contributed by atoms with E-state index in [9.17, 15) is 4.79 Å². The zero-order valence-corrected chi connectivity index (χ0v) is 14.6. The average Bonchev–Trinajstić information content (AvgIpc) is 2.86. The number of benzene rings is 2. The Morgan fingerprint density at radius 2 is 1.68 bits per heavy atom. The van der Waals surface area contributed by atoms with Crippen molar-refractivity contribution in [1.82, 2.24) is 10.2 Å². The van der Waals surface area contributed by atoms with E-state index in [1.165, 1.54) is 12.0 Å². The lowest BCUT2D eigenvalue weighted by Gasteiger charge is -2.24. The lowest BCUT2D eigenvalue weighted by molar-refractivity contribution is 0.132. The van der Waals surface area contributed by atoms with Gasteiger partial charge in [-0.25, -0.2) is 4.79 Å². The fourth-order valence-electron chi connectivity index (χ4n) is 3.25. The third-order valence-electron chi connectivity index (χ3n) is 4.54. The largest absolute Gasteiger partial charge is 0.445 e. The zero-order valence-electron chi connectivity index (χ0n) is 14.6. The summed E-state index contributed by atoms with van der Waals surface area (Å²) in [5.74, 6) is 0. The summed E-state index contributed by atoms with van der Waals surface area (Å²) in [4.78, 5) is 14.5. The number of ether oxygens (including phenoxy) is 1. The van der Waals surface area contributed by atoms with E-state index in [4.69, 9.17) is 4.74 Å². The average molecular weight is 338 g/mol. The number of likely N-dealkylation sites (tertiary alicyclic amines) is 1. The van der Waals surface area contributed by atoms with Crippen molar-refractivity contribution >= 4 is 6.09 Å². The highest BCUT2D eigenvalue weighted by molar-refractivity contribution is 5.67. The molecule has 0 aromatic heterocycles. The van der Waals surface area contributed by atoms with Crippen molar-refractivity contribution in [1.29, 1.82) is 0 Å². The molecule has 1 fully saturated rings. The standard InChI is InChI=1S/C21H26N2O2/c24-21(25-17-19-11-5-2-6-12-19)22-20-13-7-8-14-23(16-20)15-18-9-3-1-4-10-18/h1-6,9-12,20H,7-8,13-17H2,(H,22,24). The first-order chi connectivity index (χ1) is 12.3. The molecule has 1 aliphatic rings. The van der Waals surface area contributed by atoms with Crippen molar-refractivity contribution in [3.63, 3.8) is 0 Å². The van der Waals surface area contributed by atoms with Gasteiger partial charge in [0.2, 0.25) is 0 Å². The van der Waals surface area contributed by atoms with Crippen molar-refractivity contribution in [3.8, 4) is 0 Å². The summed E-state index contributed by atoms with van der Waals surface area (Å²) in [6.07, 6.45) is 2.99. The minimum absolute atomic E-state index is 0.148. The second-order valence-corrected chi connectivity index (χ2v) is 6.62. The van der Waals surface area contributed by atoms with E-state index in [0.717, 1.165) is 38.0 Å². The van der Waals surface area contributed by atoms with Gasteiger partial charge in [0.15, 0.2) is 0 Å². The molecular formula is C21H26N2O2. The summed E-state index contributed by atoms with van der Waals surface area (Å²) in [7, 11) is 0. The van der Waals surface area contributed by atoms with Crippen LogP contribution < -0.4 is 5.32 Å². The molecule has 0 radical (unpaired) electrons. The molecule has 1 aliphatic heterocycles. The van der Waals surface area contributed by atoms with Gasteiger partial charge in [0.25, 0.3) is 0 Å². The first-order valence-corrected chi connectivity index (χ1v) is 9.03. The number of carbonyl (C=O) groups excluding carboxylic acids is 1. The van der Waals surface area contributed by atoms with Crippen molar-refractivity contribution < 1.29 is 9.53 Å². The smallest absolute Gasteiger partial charge is 0.407 e. The van der Waals surface area contributed by atoms with Crippen molar-refractivity contribution in [2.24, 2.45) is 0 Å². The molecule has 0 bridgehead atoms. The molecule has 2 aromatic carbocycles. The maximum atomic E-state index is 12.1. The summed E-state index contributed by atoms with van der Waals surface area (Å²) >= 11 is 0. The van der Waals surface area contributed by atoms with Crippen molar-refractivity contribution in [3.05, 3.63) is 71.8 Å². The van der Waals surface area contributed by atoms with Crippen LogP contribution >= 0.6 is 0 Å². The molecular weight excluding hydrogens is 312 g/mol. The minimum Gasteiger partial charge on any atom is -0.445 e. The van der Waals surface area contributed by atoms with Crippen LogP contribution in [0.4, 0.5) is 4.79 Å². The minimum atomic E-state index is -0.324. The number of hydrogen-bond donors (Lipinski definition) is 1. The van der Waals surface area contributed by atoms with Gasteiger partial charge in [-0.2, -0.15) is 0 Å². The number of amides is 1. The summed E-state index contributed by atoms with van der Waals surface area (Å²) in [6.45, 7) is 3.19. The predicted molar refractivity (Wildman–Crippen MR) is 99.1 cm³/mol. The van der Waals surface area contributed by atoms with Crippen LogP contribution in [-0.2, 0) is 17.9 Å². The van der Waals surface area contributed by atoms with Gasteiger partial charge < -0.3 is 10.1 Å². The maximum absolute atomic E-state index is 12.1. The molecule has 1 N–H and O–H groups in total. The predicted octanol–water partition coefficient (Wildman–Crippen LogP) is 3.97. The van der Waals surface area contributed by atoms with Crippen LogP contribution in [0.5, 0.6) is 0 Å². The Hall–Kier alpha value is -2.33. The quantitative estimate of drug-likeness (QED) is 0.897. The number of carbonyl (C=O) groups is 1. The summed E-state index contributed by atoms with van der Waals surface area (Å²) in [6, 6.07) is 20.4. The molecule has 1 saturated heterocycles. The maximum Gasteiger partial charge on any atom is 0.407 e. The molecule has 25 heavy (non-hydrogen) atoms. The van der Waals surface area contributed by atoms with E-state index >= 15 is 0 Å². The van der Waals surface area contributed by atoms with Gasteiger partial charge in [0.1, 0.15) is 6.61 Å². The number of hydrogen-bond acceptors (Lipinski definition) is 3. The van der Waals surface area contributed by atoms with Gasteiger partial charge in [-0.15, -0.1) is 0 Å². The number of nitrogens with one attached hydrogen (secondary N) is 1. The van der Waals surface area contributed by atoms with E-state index in [0.29, 0.717) is 6.61 Å². The SMILES string of the molecule is O=C(NC1CCCCN(Cc2ccccc2)C1)OCc1ccccc1. The molecule has 1 heterocycles. The van der Waals surface area contributed by atoms with Gasteiger partial charge in [-0.3, -0.25) is 4.90 Å². The molecule has 132 valence electrons. The molecule has 1 unspecified atom stereocenters. The van der Waals surface area contributed by atoms with Crippen molar-refractivity contribution in [2.45, 2.75) is 38.5 Å². The number of nitrogens with zero attached hydrogens (tertiary/aromatic N) is 1. The van der Waals surface area contributed by atoms with Crippen LogP contribution in [-0.4, -0.2) is 30.1 Å². The van der Waals surface area contributed by atoms with E-state index in [2.05, 4.69) is 34.5 Å². The molecule has 0 saturated carbocycles.